The Kier molecular flexibility index (Phi) is 3.82. The lowest BCUT2D eigenvalue weighted by Crippen LogP contribution is -1.98. The molecule has 0 atom stereocenters. The van der Waals surface area contributed by atoms with Gasteiger partial charge in [-0.05, 0) is 24.3 Å². The number of rotatable bonds is 3. The van der Waals surface area contributed by atoms with Crippen LogP contribution in [0.25, 0.3) is 10.9 Å². The number of nitrogens with one attached hydrogen (secondary N) is 1. The topological polar surface area (TPSA) is 57.9 Å². The van der Waals surface area contributed by atoms with E-state index < -0.39 is 0 Å². The molecule has 0 aliphatic rings. The molecular formula is C17H12ClN3O. The maximum atomic E-state index is 9.35. The number of hydrogen-bond donors (Lipinski definition) is 1. The van der Waals surface area contributed by atoms with Crippen LogP contribution in [-0.4, -0.2) is 12.1 Å². The SMILES string of the molecule is COc1cccc2c(Nc3cccc(Cl)c3)c(C#N)cnc12. The van der Waals surface area contributed by atoms with Gasteiger partial charge in [0.1, 0.15) is 17.3 Å². The van der Waals surface area contributed by atoms with Crippen molar-refractivity contribution in [2.45, 2.75) is 0 Å². The zero-order valence-corrected chi connectivity index (χ0v) is 12.6. The van der Waals surface area contributed by atoms with Crippen LogP contribution >= 0.6 is 11.6 Å². The fourth-order valence-electron chi connectivity index (χ4n) is 2.29. The molecule has 5 heteroatoms. The zero-order valence-electron chi connectivity index (χ0n) is 11.8. The summed E-state index contributed by atoms with van der Waals surface area (Å²) in [4.78, 5) is 4.33. The Hall–Kier alpha value is -2.77. The Morgan fingerprint density at radius 3 is 2.77 bits per heavy atom. The molecule has 0 amide bonds. The molecule has 0 fully saturated rings. The molecule has 4 nitrogen and oxygen atoms in total. The number of benzene rings is 2. The lowest BCUT2D eigenvalue weighted by molar-refractivity contribution is 0.419. The van der Waals surface area contributed by atoms with Crippen molar-refractivity contribution >= 4 is 33.9 Å². The number of ether oxygens (including phenoxy) is 1. The number of pyridine rings is 1. The summed E-state index contributed by atoms with van der Waals surface area (Å²) in [6.45, 7) is 0. The second kappa shape index (κ2) is 5.92. The van der Waals surface area contributed by atoms with E-state index in [4.69, 9.17) is 16.3 Å². The Morgan fingerprint density at radius 1 is 1.23 bits per heavy atom. The van der Waals surface area contributed by atoms with Crippen molar-refractivity contribution in [3.8, 4) is 11.8 Å². The first kappa shape index (κ1) is 14.2. The first-order chi connectivity index (χ1) is 10.7. The van der Waals surface area contributed by atoms with Crippen molar-refractivity contribution in [2.75, 3.05) is 12.4 Å². The van der Waals surface area contributed by atoms with Crippen LogP contribution in [0.1, 0.15) is 5.56 Å². The van der Waals surface area contributed by atoms with Crippen LogP contribution in [0.2, 0.25) is 5.02 Å². The van der Waals surface area contributed by atoms with Crippen molar-refractivity contribution in [3.05, 3.63) is 59.2 Å². The third kappa shape index (κ3) is 2.54. The average molecular weight is 310 g/mol. The van der Waals surface area contributed by atoms with E-state index in [1.54, 1.807) is 19.2 Å². The van der Waals surface area contributed by atoms with Gasteiger partial charge in [-0.15, -0.1) is 0 Å². The van der Waals surface area contributed by atoms with Crippen LogP contribution < -0.4 is 10.1 Å². The molecule has 22 heavy (non-hydrogen) atoms. The molecule has 108 valence electrons. The molecular weight excluding hydrogens is 298 g/mol. The highest BCUT2D eigenvalue weighted by Gasteiger charge is 2.12. The highest BCUT2D eigenvalue weighted by Crippen LogP contribution is 2.33. The van der Waals surface area contributed by atoms with Gasteiger partial charge < -0.3 is 10.1 Å². The Morgan fingerprint density at radius 2 is 2.05 bits per heavy atom. The van der Waals surface area contributed by atoms with E-state index in [-0.39, 0.29) is 0 Å². The first-order valence-corrected chi connectivity index (χ1v) is 6.99. The minimum atomic E-state index is 0.459. The van der Waals surface area contributed by atoms with E-state index >= 15 is 0 Å². The molecule has 0 saturated heterocycles. The predicted octanol–water partition coefficient (Wildman–Crippen LogP) is 4.51. The number of aromatic nitrogens is 1. The highest BCUT2D eigenvalue weighted by atomic mass is 35.5. The van der Waals surface area contributed by atoms with E-state index in [0.717, 1.165) is 11.1 Å². The van der Waals surface area contributed by atoms with Gasteiger partial charge in [0.15, 0.2) is 0 Å². The van der Waals surface area contributed by atoms with Crippen molar-refractivity contribution in [1.82, 2.24) is 4.98 Å². The summed E-state index contributed by atoms with van der Waals surface area (Å²) in [6.07, 6.45) is 1.54. The van der Waals surface area contributed by atoms with Gasteiger partial charge in [0.2, 0.25) is 0 Å². The number of methoxy groups -OCH3 is 1. The number of fused-ring (bicyclic) bond motifs is 1. The minimum Gasteiger partial charge on any atom is -0.494 e. The van der Waals surface area contributed by atoms with Crippen molar-refractivity contribution in [2.24, 2.45) is 0 Å². The fraction of sp³-hybridized carbons (Fsp3) is 0.0588. The predicted molar refractivity (Wildman–Crippen MR) is 87.7 cm³/mol. The standard InChI is InChI=1S/C17H12ClN3O/c1-22-15-7-3-6-14-16(11(9-19)10-20-17(14)15)21-13-5-2-4-12(18)8-13/h2-8,10H,1H3,(H,20,21). The molecule has 0 radical (unpaired) electrons. The largest absolute Gasteiger partial charge is 0.494 e. The van der Waals surface area contributed by atoms with Crippen LogP contribution in [0.5, 0.6) is 5.75 Å². The molecule has 1 N–H and O–H groups in total. The summed E-state index contributed by atoms with van der Waals surface area (Å²) in [7, 11) is 1.60. The maximum Gasteiger partial charge on any atom is 0.145 e. The third-order valence-corrected chi connectivity index (χ3v) is 3.53. The third-order valence-electron chi connectivity index (χ3n) is 3.29. The molecule has 0 unspecified atom stereocenters. The Labute approximate surface area is 132 Å². The van der Waals surface area contributed by atoms with Crippen LogP contribution in [-0.2, 0) is 0 Å². The molecule has 0 aliphatic carbocycles. The van der Waals surface area contributed by atoms with Gasteiger partial charge in [-0.1, -0.05) is 29.8 Å². The Balaban J connectivity index is 2.20. The summed E-state index contributed by atoms with van der Waals surface area (Å²) in [5.74, 6) is 0.663. The zero-order chi connectivity index (χ0) is 15.5. The highest BCUT2D eigenvalue weighted by molar-refractivity contribution is 6.30. The van der Waals surface area contributed by atoms with E-state index in [9.17, 15) is 5.26 Å². The summed E-state index contributed by atoms with van der Waals surface area (Å²) < 4.78 is 5.33. The second-order valence-corrected chi connectivity index (χ2v) is 5.09. The van der Waals surface area contributed by atoms with E-state index in [1.165, 1.54) is 6.20 Å². The van der Waals surface area contributed by atoms with E-state index in [0.29, 0.717) is 27.5 Å². The number of hydrogen-bond acceptors (Lipinski definition) is 4. The number of para-hydroxylation sites is 1. The second-order valence-electron chi connectivity index (χ2n) is 4.65. The average Bonchev–Trinajstić information content (AvgIpc) is 2.54. The van der Waals surface area contributed by atoms with Crippen LogP contribution in [0, 0.1) is 11.3 Å². The molecule has 3 aromatic rings. The molecule has 0 bridgehead atoms. The molecule has 0 spiro atoms. The monoisotopic (exact) mass is 309 g/mol. The van der Waals surface area contributed by atoms with Crippen molar-refractivity contribution in [3.63, 3.8) is 0 Å². The van der Waals surface area contributed by atoms with E-state index in [2.05, 4.69) is 16.4 Å². The molecule has 1 heterocycles. The lowest BCUT2D eigenvalue weighted by atomic mass is 10.1. The quantitative estimate of drug-likeness (QED) is 0.773. The molecule has 0 saturated carbocycles. The Bertz CT molecular complexity index is 887. The summed E-state index contributed by atoms with van der Waals surface area (Å²) in [5.41, 5.74) is 2.65. The van der Waals surface area contributed by atoms with Crippen LogP contribution in [0.3, 0.4) is 0 Å². The number of halogens is 1. The van der Waals surface area contributed by atoms with Gasteiger partial charge >= 0.3 is 0 Å². The van der Waals surface area contributed by atoms with Crippen LogP contribution in [0.15, 0.2) is 48.7 Å². The van der Waals surface area contributed by atoms with Gasteiger partial charge in [0.05, 0.1) is 18.4 Å². The van der Waals surface area contributed by atoms with Crippen molar-refractivity contribution < 1.29 is 4.74 Å². The normalized spacial score (nSPS) is 10.2. The number of anilines is 2. The molecule has 0 aliphatic heterocycles. The number of nitriles is 1. The van der Waals surface area contributed by atoms with Gasteiger partial charge in [0, 0.05) is 22.3 Å². The fourth-order valence-corrected chi connectivity index (χ4v) is 2.48. The van der Waals surface area contributed by atoms with Gasteiger partial charge in [-0.3, -0.25) is 4.98 Å². The first-order valence-electron chi connectivity index (χ1n) is 6.61. The van der Waals surface area contributed by atoms with E-state index in [1.807, 2.05) is 30.3 Å². The molecule has 1 aromatic heterocycles. The summed E-state index contributed by atoms with van der Waals surface area (Å²) in [6, 6.07) is 15.1. The van der Waals surface area contributed by atoms with Gasteiger partial charge in [-0.25, -0.2) is 0 Å². The molecule has 2 aromatic carbocycles. The summed E-state index contributed by atoms with van der Waals surface area (Å²) >= 11 is 6.01. The van der Waals surface area contributed by atoms with Gasteiger partial charge in [-0.2, -0.15) is 5.26 Å². The summed E-state index contributed by atoms with van der Waals surface area (Å²) in [5, 5.41) is 14.0. The smallest absolute Gasteiger partial charge is 0.145 e. The minimum absolute atomic E-state index is 0.459. The van der Waals surface area contributed by atoms with Crippen molar-refractivity contribution in [1.29, 1.82) is 5.26 Å². The lowest BCUT2D eigenvalue weighted by Gasteiger charge is -2.13. The maximum absolute atomic E-state index is 9.35. The van der Waals surface area contributed by atoms with Crippen LogP contribution in [0.4, 0.5) is 11.4 Å². The van der Waals surface area contributed by atoms with Gasteiger partial charge in [0.25, 0.3) is 0 Å². The molecule has 3 rings (SSSR count). The number of nitrogens with zero attached hydrogens (tertiary/aromatic N) is 2.